The summed E-state index contributed by atoms with van der Waals surface area (Å²) in [7, 11) is 0. The van der Waals surface area contributed by atoms with Crippen LogP contribution in [-0.4, -0.2) is 57.6 Å². The van der Waals surface area contributed by atoms with Crippen molar-refractivity contribution in [1.29, 1.82) is 0 Å². The second-order valence-electron chi connectivity index (χ2n) is 3.49. The predicted octanol–water partition coefficient (Wildman–Crippen LogP) is -1.59. The zero-order chi connectivity index (χ0) is 10.8. The number of rotatable bonds is 4. The summed E-state index contributed by atoms with van der Waals surface area (Å²) >= 11 is 0. The van der Waals surface area contributed by atoms with E-state index < -0.39 is 37.1 Å². The van der Waals surface area contributed by atoms with Crippen LogP contribution in [0.4, 0.5) is 0 Å². The quantitative estimate of drug-likeness (QED) is 0.414. The highest BCUT2D eigenvalue weighted by Gasteiger charge is 2.52. The van der Waals surface area contributed by atoms with Gasteiger partial charge in [-0.2, -0.15) is 0 Å². The lowest BCUT2D eigenvalue weighted by Crippen LogP contribution is -2.45. The normalized spacial score (nSPS) is 42.7. The summed E-state index contributed by atoms with van der Waals surface area (Å²) in [6.45, 7) is 2.67. The molecule has 0 bridgehead atoms. The molecule has 0 aromatic heterocycles. The van der Waals surface area contributed by atoms with Crippen LogP contribution in [0.5, 0.6) is 0 Å². The van der Waals surface area contributed by atoms with E-state index in [0.717, 1.165) is 0 Å². The summed E-state index contributed by atoms with van der Waals surface area (Å²) in [6, 6.07) is 0. The van der Waals surface area contributed by atoms with E-state index in [4.69, 9.17) is 14.9 Å². The standard InChI is InChI=1S/C9H16O5/c1-2-3-9(5-11)8(13)7(12)6(4-10)14-9/h2,6-8,10-13H,1,3-5H2/t6-,7-,8+,9+/m1/s1. The van der Waals surface area contributed by atoms with E-state index >= 15 is 0 Å². The molecule has 1 fully saturated rings. The lowest BCUT2D eigenvalue weighted by Gasteiger charge is -2.28. The fraction of sp³-hybridized carbons (Fsp3) is 0.778. The monoisotopic (exact) mass is 204 g/mol. The van der Waals surface area contributed by atoms with Crippen molar-refractivity contribution in [2.45, 2.75) is 30.3 Å². The molecule has 0 saturated carbocycles. The summed E-state index contributed by atoms with van der Waals surface area (Å²) in [5.41, 5.74) is -1.23. The Bertz CT molecular complexity index is 207. The average molecular weight is 204 g/mol. The first-order valence-corrected chi connectivity index (χ1v) is 4.48. The van der Waals surface area contributed by atoms with Crippen molar-refractivity contribution in [3.63, 3.8) is 0 Å². The van der Waals surface area contributed by atoms with Crippen molar-refractivity contribution >= 4 is 0 Å². The third kappa shape index (κ3) is 1.69. The van der Waals surface area contributed by atoms with Crippen molar-refractivity contribution in [3.8, 4) is 0 Å². The summed E-state index contributed by atoms with van der Waals surface area (Å²) in [4.78, 5) is 0. The van der Waals surface area contributed by atoms with Crippen LogP contribution in [0.1, 0.15) is 6.42 Å². The van der Waals surface area contributed by atoms with E-state index in [1.165, 1.54) is 6.08 Å². The second kappa shape index (κ2) is 4.37. The molecule has 0 aromatic rings. The summed E-state index contributed by atoms with van der Waals surface area (Å²) in [5.74, 6) is 0. The van der Waals surface area contributed by atoms with Gasteiger partial charge in [0.15, 0.2) is 0 Å². The fourth-order valence-corrected chi connectivity index (χ4v) is 1.71. The largest absolute Gasteiger partial charge is 0.394 e. The molecular formula is C9H16O5. The molecule has 14 heavy (non-hydrogen) atoms. The molecule has 0 aliphatic carbocycles. The fourth-order valence-electron chi connectivity index (χ4n) is 1.71. The molecule has 4 atom stereocenters. The van der Waals surface area contributed by atoms with Gasteiger partial charge in [0.05, 0.1) is 13.2 Å². The first kappa shape index (κ1) is 11.6. The Morgan fingerprint density at radius 1 is 1.36 bits per heavy atom. The SMILES string of the molecule is C=CC[C@@]1(CO)O[C@H](CO)[C@@H](O)[C@@H]1O. The van der Waals surface area contributed by atoms with Crippen LogP contribution in [-0.2, 0) is 4.74 Å². The maximum Gasteiger partial charge on any atom is 0.124 e. The van der Waals surface area contributed by atoms with Gasteiger partial charge < -0.3 is 25.2 Å². The van der Waals surface area contributed by atoms with Gasteiger partial charge in [-0.05, 0) is 6.42 Å². The highest BCUT2D eigenvalue weighted by molar-refractivity contribution is 5.04. The molecule has 1 rings (SSSR count). The van der Waals surface area contributed by atoms with Crippen LogP contribution in [0.25, 0.3) is 0 Å². The van der Waals surface area contributed by atoms with E-state index in [1.807, 2.05) is 0 Å². The first-order chi connectivity index (χ1) is 6.61. The molecule has 1 aliphatic heterocycles. The second-order valence-corrected chi connectivity index (χ2v) is 3.49. The van der Waals surface area contributed by atoms with Crippen molar-refractivity contribution < 1.29 is 25.2 Å². The molecule has 0 aromatic carbocycles. The van der Waals surface area contributed by atoms with Crippen molar-refractivity contribution in [2.24, 2.45) is 0 Å². The van der Waals surface area contributed by atoms with Gasteiger partial charge in [-0.3, -0.25) is 0 Å². The first-order valence-electron chi connectivity index (χ1n) is 4.48. The van der Waals surface area contributed by atoms with Crippen LogP contribution in [0, 0.1) is 0 Å². The maximum absolute atomic E-state index is 9.65. The lowest BCUT2D eigenvalue weighted by molar-refractivity contribution is -0.116. The Labute approximate surface area is 82.3 Å². The zero-order valence-corrected chi connectivity index (χ0v) is 7.83. The van der Waals surface area contributed by atoms with Gasteiger partial charge in [0, 0.05) is 0 Å². The Hall–Kier alpha value is -0.460. The molecule has 82 valence electrons. The van der Waals surface area contributed by atoms with E-state index in [1.54, 1.807) is 0 Å². The van der Waals surface area contributed by atoms with E-state index in [0.29, 0.717) is 0 Å². The Morgan fingerprint density at radius 3 is 2.36 bits per heavy atom. The van der Waals surface area contributed by atoms with E-state index in [2.05, 4.69) is 6.58 Å². The molecule has 0 unspecified atom stereocenters. The van der Waals surface area contributed by atoms with Gasteiger partial charge in [0.25, 0.3) is 0 Å². The van der Waals surface area contributed by atoms with Crippen molar-refractivity contribution in [1.82, 2.24) is 0 Å². The highest BCUT2D eigenvalue weighted by atomic mass is 16.6. The highest BCUT2D eigenvalue weighted by Crippen LogP contribution is 2.33. The third-order valence-electron chi connectivity index (χ3n) is 2.57. The van der Waals surface area contributed by atoms with Gasteiger partial charge in [0.1, 0.15) is 23.9 Å². The lowest BCUT2D eigenvalue weighted by atomic mass is 9.92. The third-order valence-corrected chi connectivity index (χ3v) is 2.57. The van der Waals surface area contributed by atoms with Crippen LogP contribution in [0.2, 0.25) is 0 Å². The molecule has 1 saturated heterocycles. The van der Waals surface area contributed by atoms with Crippen LogP contribution < -0.4 is 0 Å². The van der Waals surface area contributed by atoms with Gasteiger partial charge in [-0.1, -0.05) is 6.08 Å². The number of ether oxygens (including phenoxy) is 1. The van der Waals surface area contributed by atoms with Crippen LogP contribution >= 0.6 is 0 Å². The van der Waals surface area contributed by atoms with Crippen molar-refractivity contribution in [2.75, 3.05) is 13.2 Å². The van der Waals surface area contributed by atoms with Gasteiger partial charge >= 0.3 is 0 Å². The smallest absolute Gasteiger partial charge is 0.124 e. The number of aliphatic hydroxyl groups excluding tert-OH is 4. The molecule has 1 heterocycles. The molecule has 5 nitrogen and oxygen atoms in total. The number of hydrogen-bond acceptors (Lipinski definition) is 5. The Kier molecular flexibility index (Phi) is 3.63. The van der Waals surface area contributed by atoms with E-state index in [-0.39, 0.29) is 6.42 Å². The minimum absolute atomic E-state index is 0.220. The van der Waals surface area contributed by atoms with Crippen molar-refractivity contribution in [3.05, 3.63) is 12.7 Å². The maximum atomic E-state index is 9.65. The van der Waals surface area contributed by atoms with Crippen LogP contribution in [0.3, 0.4) is 0 Å². The zero-order valence-electron chi connectivity index (χ0n) is 7.83. The average Bonchev–Trinajstić information content (AvgIpc) is 2.44. The molecule has 0 amide bonds. The predicted molar refractivity (Wildman–Crippen MR) is 48.6 cm³/mol. The van der Waals surface area contributed by atoms with Gasteiger partial charge in [-0.15, -0.1) is 6.58 Å². The molecule has 0 spiro atoms. The van der Waals surface area contributed by atoms with Gasteiger partial charge in [0.2, 0.25) is 0 Å². The Balaban J connectivity index is 2.83. The Morgan fingerprint density at radius 2 is 2.00 bits per heavy atom. The molecule has 4 N–H and O–H groups in total. The topological polar surface area (TPSA) is 90.2 Å². The minimum Gasteiger partial charge on any atom is -0.394 e. The minimum atomic E-state index is -1.23. The number of hydrogen-bond donors (Lipinski definition) is 4. The molecule has 0 radical (unpaired) electrons. The molecular weight excluding hydrogens is 188 g/mol. The number of aliphatic hydroxyl groups is 4. The van der Waals surface area contributed by atoms with E-state index in [9.17, 15) is 10.2 Å². The summed E-state index contributed by atoms with van der Waals surface area (Å²) in [6.07, 6.45) is -1.52. The molecule has 5 heteroatoms. The van der Waals surface area contributed by atoms with Crippen LogP contribution in [0.15, 0.2) is 12.7 Å². The van der Waals surface area contributed by atoms with Gasteiger partial charge in [-0.25, -0.2) is 0 Å². The molecule has 1 aliphatic rings. The summed E-state index contributed by atoms with van der Waals surface area (Å²) < 4.78 is 5.24. The summed E-state index contributed by atoms with van der Waals surface area (Å²) in [5, 5.41) is 37.1.